The third-order valence-corrected chi connectivity index (χ3v) is 5.09. The molecule has 1 atom stereocenters. The van der Waals surface area contributed by atoms with Gasteiger partial charge in [0.1, 0.15) is 11.3 Å². The first-order valence-corrected chi connectivity index (χ1v) is 10.0. The number of nitrogens with zero attached hydrogens (tertiary/aromatic N) is 1. The molecule has 0 unspecified atom stereocenters. The van der Waals surface area contributed by atoms with E-state index in [2.05, 4.69) is 0 Å². The van der Waals surface area contributed by atoms with E-state index in [1.54, 1.807) is 12.0 Å². The lowest BCUT2D eigenvalue weighted by Crippen LogP contribution is -2.36. The van der Waals surface area contributed by atoms with Gasteiger partial charge in [0.05, 0.1) is 13.2 Å². The van der Waals surface area contributed by atoms with E-state index in [1.165, 1.54) is 12.1 Å². The second-order valence-corrected chi connectivity index (χ2v) is 7.17. The largest absolute Gasteiger partial charge is 0.497 e. The highest BCUT2D eigenvalue weighted by molar-refractivity contribution is 5.91. The summed E-state index contributed by atoms with van der Waals surface area (Å²) in [6.07, 6.45) is 0. The molecule has 0 bridgehead atoms. The third kappa shape index (κ3) is 5.43. The lowest BCUT2D eigenvalue weighted by Gasteiger charge is -2.30. The minimum Gasteiger partial charge on any atom is -0.497 e. The fourth-order valence-corrected chi connectivity index (χ4v) is 3.36. The molecule has 1 amide bonds. The molecular formula is C25H24FNO5. The Hall–Kier alpha value is -3.87. The molecule has 6 nitrogen and oxygen atoms in total. The summed E-state index contributed by atoms with van der Waals surface area (Å²) in [5.74, 6) is -2.38. The number of carbonyl (C=O) groups is 2. The van der Waals surface area contributed by atoms with Gasteiger partial charge in [-0.3, -0.25) is 4.79 Å². The van der Waals surface area contributed by atoms with Gasteiger partial charge < -0.3 is 19.5 Å². The van der Waals surface area contributed by atoms with Crippen LogP contribution in [0.1, 0.15) is 34.5 Å². The SMILES string of the molecule is COc1cccc(CN(C(=O)COc2c(F)cccc2C(=O)O)[C@H](C)c2ccccc2)c1. The number of para-hydroxylation sites is 1. The van der Waals surface area contributed by atoms with Crippen LogP contribution in [0.2, 0.25) is 0 Å². The number of carboxylic acids is 1. The van der Waals surface area contributed by atoms with Gasteiger partial charge in [-0.2, -0.15) is 0 Å². The van der Waals surface area contributed by atoms with Crippen LogP contribution in [0.15, 0.2) is 72.8 Å². The summed E-state index contributed by atoms with van der Waals surface area (Å²) >= 11 is 0. The number of rotatable bonds is 9. The number of ether oxygens (including phenoxy) is 2. The van der Waals surface area contributed by atoms with E-state index >= 15 is 0 Å². The van der Waals surface area contributed by atoms with E-state index in [-0.39, 0.29) is 18.2 Å². The van der Waals surface area contributed by atoms with E-state index in [0.29, 0.717) is 5.75 Å². The Balaban J connectivity index is 1.86. The van der Waals surface area contributed by atoms with Crippen LogP contribution in [0.4, 0.5) is 4.39 Å². The Labute approximate surface area is 185 Å². The molecule has 3 aromatic carbocycles. The minimum atomic E-state index is -1.34. The fraction of sp³-hybridized carbons (Fsp3) is 0.200. The Morgan fingerprint density at radius 1 is 1.03 bits per heavy atom. The molecule has 0 spiro atoms. The molecule has 0 saturated carbocycles. The standard InChI is InChI=1S/C25H24FNO5/c1-17(19-9-4-3-5-10-19)27(15-18-8-6-11-20(14-18)31-2)23(28)16-32-24-21(25(29)30)12-7-13-22(24)26/h3-14,17H,15-16H2,1-2H3,(H,29,30)/t17-/m1/s1. The van der Waals surface area contributed by atoms with Crippen LogP contribution in [-0.4, -0.2) is 35.6 Å². The van der Waals surface area contributed by atoms with Gasteiger partial charge in [0.2, 0.25) is 0 Å². The molecule has 0 aliphatic rings. The summed E-state index contributed by atoms with van der Waals surface area (Å²) in [5, 5.41) is 9.29. The van der Waals surface area contributed by atoms with Gasteiger partial charge in [0.15, 0.2) is 18.2 Å². The molecule has 0 radical (unpaired) electrons. The van der Waals surface area contributed by atoms with Gasteiger partial charge in [-0.15, -0.1) is 0 Å². The van der Waals surface area contributed by atoms with Gasteiger partial charge in [-0.25, -0.2) is 9.18 Å². The molecule has 3 rings (SSSR count). The van der Waals surface area contributed by atoms with Gasteiger partial charge >= 0.3 is 5.97 Å². The first kappa shape index (κ1) is 22.8. The third-order valence-electron chi connectivity index (χ3n) is 5.09. The highest BCUT2D eigenvalue weighted by Gasteiger charge is 2.24. The predicted octanol–water partition coefficient (Wildman–Crippen LogP) is 4.70. The fourth-order valence-electron chi connectivity index (χ4n) is 3.36. The molecule has 0 saturated heterocycles. The summed E-state index contributed by atoms with van der Waals surface area (Å²) in [6, 6.07) is 20.1. The molecular weight excluding hydrogens is 413 g/mol. The van der Waals surface area contributed by atoms with Crippen molar-refractivity contribution in [2.75, 3.05) is 13.7 Å². The van der Waals surface area contributed by atoms with Crippen molar-refractivity contribution in [2.24, 2.45) is 0 Å². The minimum absolute atomic E-state index is 0.262. The number of carboxylic acid groups (broad SMARTS) is 1. The topological polar surface area (TPSA) is 76.1 Å². The summed E-state index contributed by atoms with van der Waals surface area (Å²) in [5.41, 5.74) is 1.42. The first-order chi connectivity index (χ1) is 15.4. The van der Waals surface area contributed by atoms with Crippen molar-refractivity contribution < 1.29 is 28.6 Å². The Morgan fingerprint density at radius 2 is 1.75 bits per heavy atom. The number of hydrogen-bond acceptors (Lipinski definition) is 4. The Morgan fingerprint density at radius 3 is 2.44 bits per heavy atom. The van der Waals surface area contributed by atoms with Crippen molar-refractivity contribution in [1.29, 1.82) is 0 Å². The zero-order valence-electron chi connectivity index (χ0n) is 17.8. The molecule has 0 heterocycles. The van der Waals surface area contributed by atoms with Crippen molar-refractivity contribution in [3.8, 4) is 11.5 Å². The lowest BCUT2D eigenvalue weighted by atomic mass is 10.1. The van der Waals surface area contributed by atoms with Crippen molar-refractivity contribution in [3.63, 3.8) is 0 Å². The van der Waals surface area contributed by atoms with Crippen molar-refractivity contribution in [2.45, 2.75) is 19.5 Å². The van der Waals surface area contributed by atoms with Gasteiger partial charge in [-0.05, 0) is 42.3 Å². The first-order valence-electron chi connectivity index (χ1n) is 10.0. The highest BCUT2D eigenvalue weighted by atomic mass is 19.1. The van der Waals surface area contributed by atoms with Crippen molar-refractivity contribution in [1.82, 2.24) is 4.90 Å². The number of amides is 1. The van der Waals surface area contributed by atoms with E-state index in [4.69, 9.17) is 9.47 Å². The second-order valence-electron chi connectivity index (χ2n) is 7.17. The average molecular weight is 437 g/mol. The summed E-state index contributed by atoms with van der Waals surface area (Å²) in [4.78, 5) is 26.2. The van der Waals surface area contributed by atoms with Gasteiger partial charge in [0.25, 0.3) is 5.91 Å². The molecule has 0 aromatic heterocycles. The molecule has 3 aromatic rings. The quantitative estimate of drug-likeness (QED) is 0.525. The number of hydrogen-bond donors (Lipinski definition) is 1. The number of methoxy groups -OCH3 is 1. The van der Waals surface area contributed by atoms with Crippen LogP contribution in [0.25, 0.3) is 0 Å². The maximum atomic E-state index is 14.2. The van der Waals surface area contributed by atoms with Crippen LogP contribution in [0.3, 0.4) is 0 Å². The lowest BCUT2D eigenvalue weighted by molar-refractivity contribution is -0.136. The molecule has 166 valence electrons. The zero-order chi connectivity index (χ0) is 23.1. The maximum absolute atomic E-state index is 14.2. The summed E-state index contributed by atoms with van der Waals surface area (Å²) < 4.78 is 24.8. The van der Waals surface area contributed by atoms with Crippen molar-refractivity contribution in [3.05, 3.63) is 95.3 Å². The Bertz CT molecular complexity index is 1090. The van der Waals surface area contributed by atoms with E-state index < -0.39 is 30.1 Å². The van der Waals surface area contributed by atoms with Crippen molar-refractivity contribution >= 4 is 11.9 Å². The average Bonchev–Trinajstić information content (AvgIpc) is 2.81. The van der Waals surface area contributed by atoms with E-state index in [1.807, 2.05) is 61.5 Å². The normalized spacial score (nSPS) is 11.5. The molecule has 0 aliphatic heterocycles. The Kier molecular flexibility index (Phi) is 7.44. The predicted molar refractivity (Wildman–Crippen MR) is 117 cm³/mol. The van der Waals surface area contributed by atoms with E-state index in [0.717, 1.165) is 17.2 Å². The number of benzene rings is 3. The summed E-state index contributed by atoms with van der Waals surface area (Å²) in [6.45, 7) is 1.64. The van der Waals surface area contributed by atoms with Gasteiger partial charge in [0, 0.05) is 6.54 Å². The number of aromatic carboxylic acids is 1. The zero-order valence-corrected chi connectivity index (χ0v) is 17.8. The van der Waals surface area contributed by atoms with Crippen LogP contribution < -0.4 is 9.47 Å². The summed E-state index contributed by atoms with van der Waals surface area (Å²) in [7, 11) is 1.57. The molecule has 7 heteroatoms. The highest BCUT2D eigenvalue weighted by Crippen LogP contribution is 2.26. The number of halogens is 1. The maximum Gasteiger partial charge on any atom is 0.339 e. The van der Waals surface area contributed by atoms with Gasteiger partial charge in [-0.1, -0.05) is 48.5 Å². The molecule has 0 aliphatic carbocycles. The monoisotopic (exact) mass is 437 g/mol. The number of carbonyl (C=O) groups excluding carboxylic acids is 1. The van der Waals surface area contributed by atoms with Crippen LogP contribution in [0, 0.1) is 5.82 Å². The molecule has 32 heavy (non-hydrogen) atoms. The van der Waals surface area contributed by atoms with Crippen LogP contribution in [-0.2, 0) is 11.3 Å². The molecule has 0 fully saturated rings. The molecule has 1 N–H and O–H groups in total. The smallest absolute Gasteiger partial charge is 0.339 e. The van der Waals surface area contributed by atoms with Crippen LogP contribution >= 0.6 is 0 Å². The second kappa shape index (κ2) is 10.4. The van der Waals surface area contributed by atoms with E-state index in [9.17, 15) is 19.1 Å². The van der Waals surface area contributed by atoms with Crippen LogP contribution in [0.5, 0.6) is 11.5 Å².